The highest BCUT2D eigenvalue weighted by Gasteiger charge is 2.34. The molecule has 1 saturated carbocycles. The van der Waals surface area contributed by atoms with Gasteiger partial charge in [0.2, 0.25) is 17.7 Å². The Morgan fingerprint density at radius 3 is 2.66 bits per heavy atom. The predicted octanol–water partition coefficient (Wildman–Crippen LogP) is 3.44. The third kappa shape index (κ3) is 4.29. The molecule has 0 unspecified atom stereocenters. The summed E-state index contributed by atoms with van der Waals surface area (Å²) in [6.07, 6.45) is 2.95. The zero-order valence-electron chi connectivity index (χ0n) is 14.9. The number of rotatable bonds is 6. The first kappa shape index (κ1) is 19.9. The first-order valence-corrected chi connectivity index (χ1v) is 9.85. The Bertz CT molecular complexity index is 1130. The van der Waals surface area contributed by atoms with Crippen molar-refractivity contribution in [3.05, 3.63) is 61.8 Å². The molecule has 150 valence electrons. The standard InChI is InChI=1S/C18H14Cl3N5O3/c19-12-4-2-1-3-11(12)17-24-23-14(29-17)8-25(10-5-6-10)15(27)9-26-18(28)16(21)13(20)7-22-26/h1-4,7,10H,5-6,8-9H2. The minimum Gasteiger partial charge on any atom is -0.419 e. The Morgan fingerprint density at radius 2 is 1.93 bits per heavy atom. The third-order valence-corrected chi connectivity index (χ3v) is 5.49. The normalized spacial score (nSPS) is 13.5. The Kier molecular flexibility index (Phi) is 5.58. The highest BCUT2D eigenvalue weighted by atomic mass is 35.5. The fraction of sp³-hybridized carbons (Fsp3) is 0.278. The summed E-state index contributed by atoms with van der Waals surface area (Å²) >= 11 is 17.8. The van der Waals surface area contributed by atoms with E-state index in [1.807, 2.05) is 6.07 Å². The molecule has 3 aromatic rings. The van der Waals surface area contributed by atoms with Crippen LogP contribution in [0.3, 0.4) is 0 Å². The molecule has 8 nitrogen and oxygen atoms in total. The van der Waals surface area contributed by atoms with Crippen LogP contribution in [0.4, 0.5) is 0 Å². The van der Waals surface area contributed by atoms with Crippen LogP contribution in [0, 0.1) is 0 Å². The van der Waals surface area contributed by atoms with Gasteiger partial charge in [0.05, 0.1) is 28.4 Å². The lowest BCUT2D eigenvalue weighted by Gasteiger charge is -2.20. The van der Waals surface area contributed by atoms with Gasteiger partial charge in [0.15, 0.2) is 0 Å². The van der Waals surface area contributed by atoms with Crippen molar-refractivity contribution in [2.75, 3.05) is 0 Å². The van der Waals surface area contributed by atoms with E-state index in [1.165, 1.54) is 6.20 Å². The van der Waals surface area contributed by atoms with Gasteiger partial charge >= 0.3 is 0 Å². The predicted molar refractivity (Wildman–Crippen MR) is 107 cm³/mol. The molecule has 2 heterocycles. The second-order valence-electron chi connectivity index (χ2n) is 6.50. The van der Waals surface area contributed by atoms with Gasteiger partial charge in [-0.3, -0.25) is 9.59 Å². The van der Waals surface area contributed by atoms with Crippen LogP contribution in [0.5, 0.6) is 0 Å². The van der Waals surface area contributed by atoms with E-state index in [2.05, 4.69) is 15.3 Å². The van der Waals surface area contributed by atoms with Crippen molar-refractivity contribution in [1.82, 2.24) is 24.9 Å². The first-order chi connectivity index (χ1) is 13.9. The second kappa shape index (κ2) is 8.14. The molecule has 0 saturated heterocycles. The zero-order valence-corrected chi connectivity index (χ0v) is 17.2. The molecule has 0 aliphatic heterocycles. The fourth-order valence-corrected chi connectivity index (χ4v) is 3.28. The molecule has 0 N–H and O–H groups in total. The van der Waals surface area contributed by atoms with Crippen LogP contribution in [-0.4, -0.2) is 36.8 Å². The number of carbonyl (C=O) groups excluding carboxylic acids is 1. The van der Waals surface area contributed by atoms with Gasteiger partial charge in [-0.2, -0.15) is 5.10 Å². The van der Waals surface area contributed by atoms with Crippen molar-refractivity contribution < 1.29 is 9.21 Å². The van der Waals surface area contributed by atoms with Crippen LogP contribution in [0.15, 0.2) is 39.7 Å². The second-order valence-corrected chi connectivity index (χ2v) is 7.70. The Balaban J connectivity index is 1.52. The summed E-state index contributed by atoms with van der Waals surface area (Å²) in [6.45, 7) is -0.144. The topological polar surface area (TPSA) is 94.1 Å². The summed E-state index contributed by atoms with van der Waals surface area (Å²) in [5.41, 5.74) is -0.00849. The molecule has 0 bridgehead atoms. The van der Waals surface area contributed by atoms with Crippen LogP contribution >= 0.6 is 34.8 Å². The maximum atomic E-state index is 12.8. The van der Waals surface area contributed by atoms with Crippen LogP contribution in [-0.2, 0) is 17.9 Å². The van der Waals surface area contributed by atoms with Crippen LogP contribution in [0.2, 0.25) is 15.1 Å². The van der Waals surface area contributed by atoms with Gasteiger partial charge in [0.1, 0.15) is 11.6 Å². The third-order valence-electron chi connectivity index (χ3n) is 4.41. The molecule has 2 aromatic heterocycles. The summed E-state index contributed by atoms with van der Waals surface area (Å²) in [5.74, 6) is 0.240. The SMILES string of the molecule is O=C(Cn1ncc(Cl)c(Cl)c1=O)N(Cc1nnc(-c2ccccc2Cl)o1)C1CC1. The smallest absolute Gasteiger partial charge is 0.287 e. The molecule has 0 spiro atoms. The molecule has 1 aliphatic carbocycles. The van der Waals surface area contributed by atoms with E-state index >= 15 is 0 Å². The minimum absolute atomic E-state index is 0.0392. The summed E-state index contributed by atoms with van der Waals surface area (Å²) < 4.78 is 6.68. The lowest BCUT2D eigenvalue weighted by Crippen LogP contribution is -2.38. The summed E-state index contributed by atoms with van der Waals surface area (Å²) in [7, 11) is 0. The molecule has 1 amide bonds. The number of nitrogens with zero attached hydrogens (tertiary/aromatic N) is 5. The molecule has 1 aliphatic rings. The maximum Gasteiger partial charge on any atom is 0.287 e. The number of aromatic nitrogens is 4. The van der Waals surface area contributed by atoms with Crippen molar-refractivity contribution in [2.45, 2.75) is 32.0 Å². The molecule has 0 atom stereocenters. The lowest BCUT2D eigenvalue weighted by molar-refractivity contribution is -0.133. The van der Waals surface area contributed by atoms with Crippen molar-refractivity contribution in [3.63, 3.8) is 0 Å². The molecule has 1 aromatic carbocycles. The van der Waals surface area contributed by atoms with Crippen molar-refractivity contribution in [1.29, 1.82) is 0 Å². The molecular formula is C18H14Cl3N5O3. The first-order valence-electron chi connectivity index (χ1n) is 8.72. The fourth-order valence-electron chi connectivity index (χ4n) is 2.79. The summed E-state index contributed by atoms with van der Waals surface area (Å²) in [6, 6.07) is 7.16. The number of halogens is 3. The van der Waals surface area contributed by atoms with Gasteiger partial charge in [-0.25, -0.2) is 4.68 Å². The highest BCUT2D eigenvalue weighted by molar-refractivity contribution is 6.41. The number of hydrogen-bond acceptors (Lipinski definition) is 6. The van der Waals surface area contributed by atoms with Gasteiger partial charge in [0.25, 0.3) is 5.56 Å². The molecular weight excluding hydrogens is 441 g/mol. The molecule has 0 radical (unpaired) electrons. The Hall–Kier alpha value is -2.42. The quantitative estimate of drug-likeness (QED) is 0.566. The van der Waals surface area contributed by atoms with Crippen LogP contribution in [0.1, 0.15) is 18.7 Å². The maximum absolute atomic E-state index is 12.8. The largest absolute Gasteiger partial charge is 0.419 e. The monoisotopic (exact) mass is 453 g/mol. The van der Waals surface area contributed by atoms with Gasteiger partial charge in [-0.1, -0.05) is 46.9 Å². The van der Waals surface area contributed by atoms with Gasteiger partial charge < -0.3 is 9.32 Å². The zero-order chi connectivity index (χ0) is 20.5. The van der Waals surface area contributed by atoms with Crippen molar-refractivity contribution >= 4 is 40.7 Å². The molecule has 11 heteroatoms. The van der Waals surface area contributed by atoms with E-state index in [-0.39, 0.29) is 46.9 Å². The molecule has 1 fully saturated rings. The van der Waals surface area contributed by atoms with E-state index in [4.69, 9.17) is 39.2 Å². The highest BCUT2D eigenvalue weighted by Crippen LogP contribution is 2.30. The Morgan fingerprint density at radius 1 is 1.17 bits per heavy atom. The van der Waals surface area contributed by atoms with E-state index in [0.717, 1.165) is 17.5 Å². The lowest BCUT2D eigenvalue weighted by atomic mass is 10.2. The molecule has 4 rings (SSSR count). The average Bonchev–Trinajstić information content (AvgIpc) is 3.45. The van der Waals surface area contributed by atoms with E-state index in [1.54, 1.807) is 23.1 Å². The van der Waals surface area contributed by atoms with E-state index < -0.39 is 5.56 Å². The van der Waals surface area contributed by atoms with Gasteiger partial charge in [-0.05, 0) is 25.0 Å². The summed E-state index contributed by atoms with van der Waals surface area (Å²) in [4.78, 5) is 26.6. The number of benzene rings is 1. The molecule has 29 heavy (non-hydrogen) atoms. The number of amides is 1. The van der Waals surface area contributed by atoms with Crippen molar-refractivity contribution in [3.8, 4) is 11.5 Å². The Labute approximate surface area is 180 Å². The average molecular weight is 455 g/mol. The van der Waals surface area contributed by atoms with E-state index in [0.29, 0.717) is 10.6 Å². The summed E-state index contributed by atoms with van der Waals surface area (Å²) in [5, 5.41) is 12.3. The minimum atomic E-state index is -0.623. The van der Waals surface area contributed by atoms with Crippen LogP contribution < -0.4 is 5.56 Å². The van der Waals surface area contributed by atoms with Crippen LogP contribution in [0.25, 0.3) is 11.5 Å². The number of hydrogen-bond donors (Lipinski definition) is 0. The van der Waals surface area contributed by atoms with Gasteiger partial charge in [0, 0.05) is 6.04 Å². The van der Waals surface area contributed by atoms with Crippen molar-refractivity contribution in [2.24, 2.45) is 0 Å². The number of carbonyl (C=O) groups is 1. The van der Waals surface area contributed by atoms with E-state index in [9.17, 15) is 9.59 Å². The van der Waals surface area contributed by atoms with Gasteiger partial charge in [-0.15, -0.1) is 10.2 Å².